The molecule has 2 amide bonds. The number of hydrogen-bond acceptors (Lipinski definition) is 3. The van der Waals surface area contributed by atoms with Crippen molar-refractivity contribution in [3.05, 3.63) is 0 Å². The zero-order valence-corrected chi connectivity index (χ0v) is 12.0. The van der Waals surface area contributed by atoms with Crippen LogP contribution in [0, 0.1) is 5.41 Å². The van der Waals surface area contributed by atoms with E-state index in [9.17, 15) is 9.59 Å². The average molecular weight is 284 g/mol. The first-order valence-electron chi connectivity index (χ1n) is 7.39. The summed E-state index contributed by atoms with van der Waals surface area (Å²) in [7, 11) is 0. The van der Waals surface area contributed by atoms with E-state index in [2.05, 4.69) is 10.6 Å². The number of hydrogen-bond donors (Lipinski definition) is 3. The van der Waals surface area contributed by atoms with Crippen LogP contribution < -0.4 is 10.6 Å². The number of rotatable bonds is 6. The van der Waals surface area contributed by atoms with Crippen molar-refractivity contribution in [2.45, 2.75) is 57.6 Å². The third kappa shape index (κ3) is 3.85. The standard InChI is InChI=1S/C14H24N2O4/c1-10(11-4-2-7-20-11)16-13(19)15-9-14(5-3-6-14)8-12(17)18/h10-11H,2-9H2,1H3,(H,17,18)(H2,15,16,19). The first kappa shape index (κ1) is 15.1. The maximum Gasteiger partial charge on any atom is 0.315 e. The van der Waals surface area contributed by atoms with Crippen LogP contribution in [0.15, 0.2) is 0 Å². The Morgan fingerprint density at radius 2 is 2.15 bits per heavy atom. The van der Waals surface area contributed by atoms with Gasteiger partial charge in [0, 0.05) is 13.2 Å². The van der Waals surface area contributed by atoms with Gasteiger partial charge in [-0.3, -0.25) is 4.79 Å². The SMILES string of the molecule is CC(NC(=O)NCC1(CC(=O)O)CCC1)C1CCCO1. The largest absolute Gasteiger partial charge is 0.481 e. The maximum atomic E-state index is 11.9. The van der Waals surface area contributed by atoms with Gasteiger partial charge in [-0.1, -0.05) is 6.42 Å². The molecule has 0 aromatic carbocycles. The van der Waals surface area contributed by atoms with Crippen molar-refractivity contribution >= 4 is 12.0 Å². The highest BCUT2D eigenvalue weighted by Gasteiger charge is 2.39. The lowest BCUT2D eigenvalue weighted by Gasteiger charge is -2.40. The van der Waals surface area contributed by atoms with Gasteiger partial charge >= 0.3 is 12.0 Å². The molecule has 0 bridgehead atoms. The molecule has 20 heavy (non-hydrogen) atoms. The molecule has 1 heterocycles. The molecule has 0 radical (unpaired) electrons. The lowest BCUT2D eigenvalue weighted by Crippen LogP contribution is -2.50. The quantitative estimate of drug-likeness (QED) is 0.689. The van der Waals surface area contributed by atoms with Crippen LogP contribution >= 0.6 is 0 Å². The molecule has 2 aliphatic rings. The Bertz CT molecular complexity index is 362. The normalized spacial score (nSPS) is 25.6. The van der Waals surface area contributed by atoms with Crippen molar-refractivity contribution < 1.29 is 19.4 Å². The van der Waals surface area contributed by atoms with Gasteiger partial charge < -0.3 is 20.5 Å². The van der Waals surface area contributed by atoms with Gasteiger partial charge in [-0.15, -0.1) is 0 Å². The molecule has 2 unspecified atom stereocenters. The molecule has 114 valence electrons. The number of ether oxygens (including phenoxy) is 1. The summed E-state index contributed by atoms with van der Waals surface area (Å²) in [4.78, 5) is 22.7. The third-order valence-corrected chi connectivity index (χ3v) is 4.45. The molecule has 1 aliphatic heterocycles. The topological polar surface area (TPSA) is 87.7 Å². The number of carboxylic acids is 1. The van der Waals surface area contributed by atoms with E-state index < -0.39 is 5.97 Å². The lowest BCUT2D eigenvalue weighted by molar-refractivity contribution is -0.141. The Labute approximate surface area is 119 Å². The van der Waals surface area contributed by atoms with Crippen molar-refractivity contribution in [1.29, 1.82) is 0 Å². The van der Waals surface area contributed by atoms with E-state index >= 15 is 0 Å². The van der Waals surface area contributed by atoms with Crippen molar-refractivity contribution in [3.63, 3.8) is 0 Å². The Kier molecular flexibility index (Phi) is 4.86. The van der Waals surface area contributed by atoms with E-state index in [4.69, 9.17) is 9.84 Å². The minimum atomic E-state index is -0.792. The zero-order valence-electron chi connectivity index (χ0n) is 12.0. The van der Waals surface area contributed by atoms with Crippen molar-refractivity contribution in [2.75, 3.05) is 13.2 Å². The van der Waals surface area contributed by atoms with E-state index in [-0.39, 0.29) is 30.0 Å². The molecule has 2 fully saturated rings. The summed E-state index contributed by atoms with van der Waals surface area (Å²) in [6.45, 7) is 3.13. The van der Waals surface area contributed by atoms with E-state index in [1.165, 1.54) is 0 Å². The highest BCUT2D eigenvalue weighted by molar-refractivity contribution is 5.74. The Hall–Kier alpha value is -1.30. The van der Waals surface area contributed by atoms with Crippen LogP contribution in [0.4, 0.5) is 4.79 Å². The minimum absolute atomic E-state index is 0.0192. The molecule has 1 saturated heterocycles. The molecule has 2 atom stereocenters. The number of nitrogens with one attached hydrogen (secondary N) is 2. The van der Waals surface area contributed by atoms with Crippen molar-refractivity contribution in [2.24, 2.45) is 5.41 Å². The molecular formula is C14H24N2O4. The van der Waals surface area contributed by atoms with E-state index in [0.717, 1.165) is 38.7 Å². The van der Waals surface area contributed by atoms with Crippen molar-refractivity contribution in [1.82, 2.24) is 10.6 Å². The number of carbonyl (C=O) groups excluding carboxylic acids is 1. The second kappa shape index (κ2) is 6.43. The number of carboxylic acid groups (broad SMARTS) is 1. The summed E-state index contributed by atoms with van der Waals surface area (Å²) in [5.41, 5.74) is -0.240. The highest BCUT2D eigenvalue weighted by Crippen LogP contribution is 2.43. The molecule has 0 aromatic heterocycles. The van der Waals surface area contributed by atoms with Crippen LogP contribution in [-0.4, -0.2) is 42.4 Å². The van der Waals surface area contributed by atoms with Gasteiger partial charge in [-0.25, -0.2) is 4.79 Å². The lowest BCUT2D eigenvalue weighted by atomic mass is 9.66. The summed E-state index contributed by atoms with van der Waals surface area (Å²) in [5, 5.41) is 14.6. The second-order valence-corrected chi connectivity index (χ2v) is 6.09. The van der Waals surface area contributed by atoms with Gasteiger partial charge in [0.25, 0.3) is 0 Å². The van der Waals surface area contributed by atoms with Crippen LogP contribution in [0.2, 0.25) is 0 Å². The molecule has 1 aliphatic carbocycles. The van der Waals surface area contributed by atoms with Gasteiger partial charge in [-0.05, 0) is 38.0 Å². The van der Waals surface area contributed by atoms with Crippen LogP contribution in [0.5, 0.6) is 0 Å². The zero-order chi connectivity index (χ0) is 14.6. The van der Waals surface area contributed by atoms with Gasteiger partial charge in [-0.2, -0.15) is 0 Å². The van der Waals surface area contributed by atoms with E-state index in [1.54, 1.807) is 0 Å². The van der Waals surface area contributed by atoms with Gasteiger partial charge in [0.2, 0.25) is 0 Å². The first-order valence-corrected chi connectivity index (χ1v) is 7.39. The van der Waals surface area contributed by atoms with E-state index in [1.807, 2.05) is 6.92 Å². The summed E-state index contributed by atoms with van der Waals surface area (Å²) in [6, 6.07) is -0.251. The Morgan fingerprint density at radius 3 is 2.65 bits per heavy atom. The van der Waals surface area contributed by atoms with Gasteiger partial charge in [0.15, 0.2) is 0 Å². The average Bonchev–Trinajstić information content (AvgIpc) is 2.85. The summed E-state index contributed by atoms with van der Waals surface area (Å²) < 4.78 is 5.53. The monoisotopic (exact) mass is 284 g/mol. The maximum absolute atomic E-state index is 11.9. The Balaban J connectivity index is 1.72. The molecule has 6 heteroatoms. The van der Waals surface area contributed by atoms with Crippen LogP contribution in [-0.2, 0) is 9.53 Å². The van der Waals surface area contributed by atoms with Gasteiger partial charge in [0.05, 0.1) is 18.6 Å². The summed E-state index contributed by atoms with van der Waals surface area (Å²) in [6.07, 6.45) is 5.04. The number of urea groups is 1. The highest BCUT2D eigenvalue weighted by atomic mass is 16.5. The molecule has 0 aromatic rings. The fourth-order valence-electron chi connectivity index (χ4n) is 3.03. The van der Waals surface area contributed by atoms with Crippen LogP contribution in [0.1, 0.15) is 45.4 Å². The summed E-state index contributed by atoms with van der Waals surface area (Å²) >= 11 is 0. The number of amides is 2. The fraction of sp³-hybridized carbons (Fsp3) is 0.857. The first-order chi connectivity index (χ1) is 9.51. The molecule has 3 N–H and O–H groups in total. The van der Waals surface area contributed by atoms with Crippen LogP contribution in [0.25, 0.3) is 0 Å². The number of carbonyl (C=O) groups is 2. The molecular weight excluding hydrogens is 260 g/mol. The molecule has 6 nitrogen and oxygen atoms in total. The fourth-order valence-corrected chi connectivity index (χ4v) is 3.03. The smallest absolute Gasteiger partial charge is 0.315 e. The van der Waals surface area contributed by atoms with Crippen LogP contribution in [0.3, 0.4) is 0 Å². The van der Waals surface area contributed by atoms with Crippen molar-refractivity contribution in [3.8, 4) is 0 Å². The predicted molar refractivity (Wildman–Crippen MR) is 73.5 cm³/mol. The second-order valence-electron chi connectivity index (χ2n) is 6.09. The molecule has 0 spiro atoms. The Morgan fingerprint density at radius 1 is 1.40 bits per heavy atom. The molecule has 1 saturated carbocycles. The predicted octanol–water partition coefficient (Wildman–Crippen LogP) is 1.50. The third-order valence-electron chi connectivity index (χ3n) is 4.45. The summed E-state index contributed by atoms with van der Waals surface area (Å²) in [5.74, 6) is -0.792. The number of aliphatic carboxylic acids is 1. The van der Waals surface area contributed by atoms with Gasteiger partial charge in [0.1, 0.15) is 0 Å². The minimum Gasteiger partial charge on any atom is -0.481 e. The molecule has 2 rings (SSSR count). The van der Waals surface area contributed by atoms with E-state index in [0.29, 0.717) is 6.54 Å².